The summed E-state index contributed by atoms with van der Waals surface area (Å²) in [5.74, 6) is -1.83. The summed E-state index contributed by atoms with van der Waals surface area (Å²) in [5.41, 5.74) is 2.21. The molecule has 3 rings (SSSR count). The zero-order valence-electron chi connectivity index (χ0n) is 13.9. The number of aryl methyl sites for hydroxylation is 1. The first-order chi connectivity index (χ1) is 11.3. The molecule has 0 radical (unpaired) electrons. The van der Waals surface area contributed by atoms with Gasteiger partial charge in [0.1, 0.15) is 0 Å². The molecule has 24 heavy (non-hydrogen) atoms. The van der Waals surface area contributed by atoms with E-state index in [0.29, 0.717) is 30.9 Å². The third-order valence-corrected chi connectivity index (χ3v) is 4.47. The van der Waals surface area contributed by atoms with Gasteiger partial charge in [-0.3, -0.25) is 0 Å². The fourth-order valence-electron chi connectivity index (χ4n) is 3.10. The van der Waals surface area contributed by atoms with Gasteiger partial charge < -0.3 is 5.11 Å². The van der Waals surface area contributed by atoms with E-state index in [-0.39, 0.29) is 18.8 Å². The Bertz CT molecular complexity index is 704. The van der Waals surface area contributed by atoms with Crippen LogP contribution in [0.2, 0.25) is 0 Å². The number of nitrogens with zero attached hydrogens (tertiary/aromatic N) is 4. The van der Waals surface area contributed by atoms with Gasteiger partial charge in [0.25, 0.3) is 5.95 Å². The van der Waals surface area contributed by atoms with Crippen molar-refractivity contribution >= 4 is 0 Å². The molecule has 1 fully saturated rings. The molecule has 1 atom stereocenters. The topological polar surface area (TPSA) is 63.8 Å². The molecule has 0 amide bonds. The second-order valence-corrected chi connectivity index (χ2v) is 6.67. The average Bonchev–Trinajstić information content (AvgIpc) is 2.99. The number of aliphatic hydroxyl groups is 1. The Morgan fingerprint density at radius 3 is 2.67 bits per heavy atom. The maximum absolute atomic E-state index is 13.3. The SMILES string of the molecule is Cc1cc(CC2CCC(F)(F)CC2)nc(-n2ccc(C(C)O)n2)n1. The summed E-state index contributed by atoms with van der Waals surface area (Å²) < 4.78 is 28.1. The Morgan fingerprint density at radius 2 is 2.04 bits per heavy atom. The van der Waals surface area contributed by atoms with Gasteiger partial charge in [0.05, 0.1) is 11.8 Å². The van der Waals surface area contributed by atoms with Crippen LogP contribution in [0.15, 0.2) is 18.3 Å². The van der Waals surface area contributed by atoms with Crippen LogP contribution in [0.1, 0.15) is 55.8 Å². The number of halogens is 2. The molecular weight excluding hydrogens is 314 g/mol. The van der Waals surface area contributed by atoms with Gasteiger partial charge >= 0.3 is 0 Å². The second-order valence-electron chi connectivity index (χ2n) is 6.67. The molecular formula is C17H22F2N4O. The first kappa shape index (κ1) is 17.0. The predicted octanol–water partition coefficient (Wildman–Crippen LogP) is 3.39. The minimum atomic E-state index is -2.50. The molecule has 1 aliphatic carbocycles. The molecule has 1 saturated carbocycles. The van der Waals surface area contributed by atoms with Crippen LogP contribution >= 0.6 is 0 Å². The number of hydrogen-bond donors (Lipinski definition) is 1. The highest BCUT2D eigenvalue weighted by molar-refractivity contribution is 5.20. The van der Waals surface area contributed by atoms with Crippen LogP contribution < -0.4 is 0 Å². The molecule has 0 spiro atoms. The van der Waals surface area contributed by atoms with Crippen LogP contribution in [-0.2, 0) is 6.42 Å². The van der Waals surface area contributed by atoms with Crippen molar-refractivity contribution in [2.75, 3.05) is 0 Å². The van der Waals surface area contributed by atoms with Crippen molar-refractivity contribution in [1.29, 1.82) is 0 Å². The van der Waals surface area contributed by atoms with Crippen molar-refractivity contribution in [3.63, 3.8) is 0 Å². The lowest BCUT2D eigenvalue weighted by Gasteiger charge is -2.28. The maximum Gasteiger partial charge on any atom is 0.250 e. The molecule has 1 N–H and O–H groups in total. The summed E-state index contributed by atoms with van der Waals surface area (Å²) >= 11 is 0. The smallest absolute Gasteiger partial charge is 0.250 e. The minimum absolute atomic E-state index is 0.0362. The van der Waals surface area contributed by atoms with Crippen LogP contribution in [0, 0.1) is 12.8 Å². The maximum atomic E-state index is 13.3. The Morgan fingerprint density at radius 1 is 1.33 bits per heavy atom. The van der Waals surface area contributed by atoms with Crippen LogP contribution in [0.4, 0.5) is 8.78 Å². The molecule has 0 aromatic carbocycles. The van der Waals surface area contributed by atoms with Gasteiger partial charge in [0.15, 0.2) is 0 Å². The van der Waals surface area contributed by atoms with Crippen LogP contribution in [-0.4, -0.2) is 30.8 Å². The number of aromatic nitrogens is 4. The van der Waals surface area contributed by atoms with Gasteiger partial charge in [-0.1, -0.05) is 0 Å². The Hall–Kier alpha value is -1.89. The number of rotatable bonds is 4. The van der Waals surface area contributed by atoms with E-state index in [1.807, 2.05) is 13.0 Å². The normalized spacial score (nSPS) is 19.4. The highest BCUT2D eigenvalue weighted by Gasteiger charge is 2.34. The summed E-state index contributed by atoms with van der Waals surface area (Å²) in [7, 11) is 0. The number of alkyl halides is 2. The Labute approximate surface area is 139 Å². The van der Waals surface area contributed by atoms with Crippen molar-refractivity contribution in [3.8, 4) is 5.95 Å². The standard InChI is InChI=1S/C17H22F2N4O/c1-11-9-14(10-13-3-6-17(18,19)7-4-13)21-16(20-11)23-8-5-15(22-23)12(2)24/h5,8-9,12-13,24H,3-4,6-7,10H2,1-2H3. The van der Waals surface area contributed by atoms with Crippen molar-refractivity contribution in [2.24, 2.45) is 5.92 Å². The number of hydrogen-bond acceptors (Lipinski definition) is 4. The van der Waals surface area contributed by atoms with Gasteiger partial charge in [-0.25, -0.2) is 23.4 Å². The third kappa shape index (κ3) is 3.95. The lowest BCUT2D eigenvalue weighted by Crippen LogP contribution is -2.25. The average molecular weight is 336 g/mol. The van der Waals surface area contributed by atoms with E-state index >= 15 is 0 Å². The highest BCUT2D eigenvalue weighted by Crippen LogP contribution is 2.37. The minimum Gasteiger partial charge on any atom is -0.387 e. The van der Waals surface area contributed by atoms with Crippen molar-refractivity contribution in [1.82, 2.24) is 19.7 Å². The van der Waals surface area contributed by atoms with Gasteiger partial charge in [-0.15, -0.1) is 0 Å². The second kappa shape index (κ2) is 6.55. The zero-order chi connectivity index (χ0) is 17.3. The Balaban J connectivity index is 1.76. The summed E-state index contributed by atoms with van der Waals surface area (Å²) in [6.45, 7) is 3.52. The van der Waals surface area contributed by atoms with Gasteiger partial charge in [-0.05, 0) is 51.2 Å². The van der Waals surface area contributed by atoms with E-state index in [2.05, 4.69) is 15.1 Å². The molecule has 2 heterocycles. The molecule has 1 unspecified atom stereocenters. The van der Waals surface area contributed by atoms with E-state index < -0.39 is 12.0 Å². The predicted molar refractivity (Wildman–Crippen MR) is 85.1 cm³/mol. The van der Waals surface area contributed by atoms with E-state index in [9.17, 15) is 13.9 Å². The summed E-state index contributed by atoms with van der Waals surface area (Å²) in [6, 6.07) is 3.62. The van der Waals surface area contributed by atoms with Crippen LogP contribution in [0.5, 0.6) is 0 Å². The molecule has 2 aromatic rings. The quantitative estimate of drug-likeness (QED) is 0.929. The van der Waals surface area contributed by atoms with E-state index in [1.54, 1.807) is 19.2 Å². The van der Waals surface area contributed by atoms with Crippen molar-refractivity contribution in [2.45, 2.75) is 58.0 Å². The molecule has 130 valence electrons. The molecule has 0 bridgehead atoms. The van der Waals surface area contributed by atoms with E-state index in [0.717, 1.165) is 11.4 Å². The lowest BCUT2D eigenvalue weighted by atomic mass is 9.84. The molecule has 0 saturated heterocycles. The first-order valence-corrected chi connectivity index (χ1v) is 8.29. The largest absolute Gasteiger partial charge is 0.387 e. The lowest BCUT2D eigenvalue weighted by molar-refractivity contribution is -0.0457. The van der Waals surface area contributed by atoms with E-state index in [1.165, 1.54) is 4.68 Å². The molecule has 7 heteroatoms. The molecule has 1 aliphatic rings. The van der Waals surface area contributed by atoms with Gasteiger partial charge in [-0.2, -0.15) is 5.10 Å². The van der Waals surface area contributed by atoms with Crippen molar-refractivity contribution in [3.05, 3.63) is 35.4 Å². The third-order valence-electron chi connectivity index (χ3n) is 4.47. The molecule has 2 aromatic heterocycles. The van der Waals surface area contributed by atoms with Crippen molar-refractivity contribution < 1.29 is 13.9 Å². The fraction of sp³-hybridized carbons (Fsp3) is 0.588. The number of aliphatic hydroxyl groups excluding tert-OH is 1. The highest BCUT2D eigenvalue weighted by atomic mass is 19.3. The van der Waals surface area contributed by atoms with Gasteiger partial charge in [0.2, 0.25) is 5.92 Å². The molecule has 0 aliphatic heterocycles. The summed E-state index contributed by atoms with van der Waals surface area (Å²) in [6.07, 6.45) is 2.72. The monoisotopic (exact) mass is 336 g/mol. The van der Waals surface area contributed by atoms with Crippen LogP contribution in [0.25, 0.3) is 5.95 Å². The fourth-order valence-corrected chi connectivity index (χ4v) is 3.10. The Kier molecular flexibility index (Phi) is 4.62. The summed E-state index contributed by atoms with van der Waals surface area (Å²) in [4.78, 5) is 8.91. The first-order valence-electron chi connectivity index (χ1n) is 8.29. The van der Waals surface area contributed by atoms with E-state index in [4.69, 9.17) is 0 Å². The van der Waals surface area contributed by atoms with Crippen LogP contribution in [0.3, 0.4) is 0 Å². The summed E-state index contributed by atoms with van der Waals surface area (Å²) in [5, 5.41) is 13.8. The molecule has 5 nitrogen and oxygen atoms in total. The zero-order valence-corrected chi connectivity index (χ0v) is 13.9. The van der Waals surface area contributed by atoms with Gasteiger partial charge in [0, 0.05) is 30.4 Å².